The van der Waals surface area contributed by atoms with E-state index < -0.39 is 17.4 Å². The number of aliphatic carboxylic acids is 2. The molecule has 1 saturated heterocycles. The quantitative estimate of drug-likeness (QED) is 0.722. The summed E-state index contributed by atoms with van der Waals surface area (Å²) < 4.78 is 5.51. The molecule has 1 heterocycles. The van der Waals surface area contributed by atoms with Crippen molar-refractivity contribution < 1.29 is 24.5 Å². The molecule has 5 heteroatoms. The molecule has 2 aliphatic rings. The van der Waals surface area contributed by atoms with Crippen molar-refractivity contribution in [3.63, 3.8) is 0 Å². The highest BCUT2D eigenvalue weighted by molar-refractivity contribution is 5.75. The summed E-state index contributed by atoms with van der Waals surface area (Å²) >= 11 is 0. The van der Waals surface area contributed by atoms with E-state index in [-0.39, 0.29) is 18.4 Å². The average molecular weight is 270 g/mol. The van der Waals surface area contributed by atoms with E-state index in [0.29, 0.717) is 24.9 Å². The Morgan fingerprint density at radius 2 is 1.89 bits per heavy atom. The van der Waals surface area contributed by atoms with Crippen molar-refractivity contribution in [3.05, 3.63) is 0 Å². The van der Waals surface area contributed by atoms with Gasteiger partial charge in [-0.2, -0.15) is 0 Å². The van der Waals surface area contributed by atoms with E-state index in [2.05, 4.69) is 6.92 Å². The second kappa shape index (κ2) is 5.12. The van der Waals surface area contributed by atoms with Gasteiger partial charge in [-0.15, -0.1) is 0 Å². The Labute approximate surface area is 112 Å². The summed E-state index contributed by atoms with van der Waals surface area (Å²) in [5, 5.41) is 18.3. The first kappa shape index (κ1) is 14.3. The van der Waals surface area contributed by atoms with Gasteiger partial charge in [0.05, 0.1) is 17.6 Å². The molecule has 2 fully saturated rings. The lowest BCUT2D eigenvalue weighted by molar-refractivity contribution is -0.154. The molecule has 0 aromatic heterocycles. The molecule has 2 N–H and O–H groups in total. The van der Waals surface area contributed by atoms with Crippen molar-refractivity contribution in [3.8, 4) is 0 Å². The minimum absolute atomic E-state index is 0.0343. The average Bonchev–Trinajstić information content (AvgIpc) is 3.04. The number of fused-ring (bicyclic) bond motifs is 1. The maximum Gasteiger partial charge on any atom is 0.309 e. The van der Waals surface area contributed by atoms with Crippen LogP contribution in [0.1, 0.15) is 46.0 Å². The third-order valence-electron chi connectivity index (χ3n) is 4.86. The first-order valence-electron chi connectivity index (χ1n) is 6.95. The fourth-order valence-electron chi connectivity index (χ4n) is 3.55. The third-order valence-corrected chi connectivity index (χ3v) is 4.86. The molecule has 2 rings (SSSR count). The van der Waals surface area contributed by atoms with Gasteiger partial charge in [0.1, 0.15) is 0 Å². The van der Waals surface area contributed by atoms with Crippen molar-refractivity contribution in [1.29, 1.82) is 0 Å². The molecule has 19 heavy (non-hydrogen) atoms. The lowest BCUT2D eigenvalue weighted by Crippen LogP contribution is -2.42. The van der Waals surface area contributed by atoms with Crippen LogP contribution in [0.15, 0.2) is 0 Å². The minimum atomic E-state index is -0.866. The highest BCUT2D eigenvalue weighted by Crippen LogP contribution is 2.51. The van der Waals surface area contributed by atoms with Crippen molar-refractivity contribution in [2.45, 2.75) is 58.2 Å². The molecule has 0 bridgehead atoms. The van der Waals surface area contributed by atoms with Gasteiger partial charge in [-0.1, -0.05) is 6.92 Å². The maximum atomic E-state index is 11.7. The highest BCUT2D eigenvalue weighted by atomic mass is 16.6. The van der Waals surface area contributed by atoms with Crippen LogP contribution in [-0.4, -0.2) is 34.4 Å². The summed E-state index contributed by atoms with van der Waals surface area (Å²) in [6.07, 6.45) is 3.16. The van der Waals surface area contributed by atoms with Crippen molar-refractivity contribution in [2.24, 2.45) is 17.3 Å². The standard InChI is InChI=1S/C14H22O5/c1-8-6-10-11(19-10)7-9(8)14(2,13(17)18)5-3-4-12(15)16/h8-11H,3-7H2,1-2H3,(H,15,16)(H,17,18). The number of carboxylic acid groups (broad SMARTS) is 2. The number of ether oxygens (including phenoxy) is 1. The van der Waals surface area contributed by atoms with Gasteiger partial charge in [0, 0.05) is 6.42 Å². The maximum absolute atomic E-state index is 11.7. The van der Waals surface area contributed by atoms with Crippen LogP contribution in [0.3, 0.4) is 0 Å². The minimum Gasteiger partial charge on any atom is -0.481 e. The van der Waals surface area contributed by atoms with Gasteiger partial charge in [0.15, 0.2) is 0 Å². The third kappa shape index (κ3) is 2.91. The molecule has 0 aromatic rings. The summed E-state index contributed by atoms with van der Waals surface area (Å²) in [4.78, 5) is 22.3. The molecular weight excluding hydrogens is 248 g/mol. The summed E-state index contributed by atoms with van der Waals surface area (Å²) in [6, 6.07) is 0. The molecule has 5 nitrogen and oxygen atoms in total. The van der Waals surface area contributed by atoms with Gasteiger partial charge in [0.2, 0.25) is 0 Å². The number of rotatable bonds is 6. The van der Waals surface area contributed by atoms with Crippen LogP contribution in [0.25, 0.3) is 0 Å². The van der Waals surface area contributed by atoms with Crippen LogP contribution in [0.2, 0.25) is 0 Å². The second-order valence-corrected chi connectivity index (χ2v) is 6.24. The molecule has 1 aliphatic carbocycles. The number of carbonyl (C=O) groups is 2. The molecule has 5 unspecified atom stereocenters. The molecule has 1 saturated carbocycles. The number of carboxylic acids is 2. The van der Waals surface area contributed by atoms with Crippen molar-refractivity contribution in [1.82, 2.24) is 0 Å². The lowest BCUT2D eigenvalue weighted by Gasteiger charge is -2.39. The van der Waals surface area contributed by atoms with Crippen LogP contribution in [0, 0.1) is 17.3 Å². The van der Waals surface area contributed by atoms with E-state index in [1.54, 1.807) is 6.92 Å². The molecule has 0 radical (unpaired) electrons. The fraction of sp³-hybridized carbons (Fsp3) is 0.857. The normalized spacial score (nSPS) is 36.1. The molecule has 108 valence electrons. The number of hydrogen-bond donors (Lipinski definition) is 2. The number of epoxide rings is 1. The van der Waals surface area contributed by atoms with Gasteiger partial charge in [-0.05, 0) is 44.4 Å². The Bertz CT molecular complexity index is 380. The van der Waals surface area contributed by atoms with Crippen molar-refractivity contribution >= 4 is 11.9 Å². The topological polar surface area (TPSA) is 87.1 Å². The highest BCUT2D eigenvalue weighted by Gasteiger charge is 2.54. The van der Waals surface area contributed by atoms with E-state index in [0.717, 1.165) is 12.8 Å². The van der Waals surface area contributed by atoms with Crippen LogP contribution >= 0.6 is 0 Å². The second-order valence-electron chi connectivity index (χ2n) is 6.24. The Balaban J connectivity index is 2.04. The van der Waals surface area contributed by atoms with Gasteiger partial charge in [-0.25, -0.2) is 0 Å². The summed E-state index contributed by atoms with van der Waals surface area (Å²) in [5.41, 5.74) is -0.841. The summed E-state index contributed by atoms with van der Waals surface area (Å²) in [7, 11) is 0. The smallest absolute Gasteiger partial charge is 0.309 e. The van der Waals surface area contributed by atoms with Crippen molar-refractivity contribution in [2.75, 3.05) is 0 Å². The first-order valence-corrected chi connectivity index (χ1v) is 6.95. The summed E-state index contributed by atoms with van der Waals surface area (Å²) in [5.74, 6) is -1.29. The Kier molecular flexibility index (Phi) is 3.85. The van der Waals surface area contributed by atoms with Gasteiger partial charge in [-0.3, -0.25) is 9.59 Å². The van der Waals surface area contributed by atoms with Crippen LogP contribution in [0.5, 0.6) is 0 Å². The lowest BCUT2D eigenvalue weighted by atomic mass is 9.63. The predicted molar refractivity (Wildman–Crippen MR) is 67.8 cm³/mol. The van der Waals surface area contributed by atoms with E-state index in [4.69, 9.17) is 9.84 Å². The van der Waals surface area contributed by atoms with Crippen LogP contribution < -0.4 is 0 Å². The predicted octanol–water partition coefficient (Wildman–Crippen LogP) is 2.15. The Morgan fingerprint density at radius 1 is 1.26 bits per heavy atom. The zero-order valence-electron chi connectivity index (χ0n) is 11.5. The van der Waals surface area contributed by atoms with Crippen LogP contribution in [-0.2, 0) is 14.3 Å². The first-order chi connectivity index (χ1) is 8.84. The summed E-state index contributed by atoms with van der Waals surface area (Å²) in [6.45, 7) is 3.85. The molecule has 1 aliphatic heterocycles. The zero-order chi connectivity index (χ0) is 14.2. The van der Waals surface area contributed by atoms with Gasteiger partial charge < -0.3 is 14.9 Å². The Hall–Kier alpha value is -1.10. The number of hydrogen-bond acceptors (Lipinski definition) is 3. The fourth-order valence-corrected chi connectivity index (χ4v) is 3.55. The Morgan fingerprint density at radius 3 is 2.47 bits per heavy atom. The molecule has 0 amide bonds. The van der Waals surface area contributed by atoms with Gasteiger partial charge >= 0.3 is 11.9 Å². The van der Waals surface area contributed by atoms with Crippen LogP contribution in [0.4, 0.5) is 0 Å². The van der Waals surface area contributed by atoms with E-state index >= 15 is 0 Å². The monoisotopic (exact) mass is 270 g/mol. The SMILES string of the molecule is CC1CC2OC2CC1C(C)(CCCC(=O)O)C(=O)O. The molecular formula is C14H22O5. The van der Waals surface area contributed by atoms with E-state index in [1.165, 1.54) is 0 Å². The largest absolute Gasteiger partial charge is 0.481 e. The zero-order valence-corrected chi connectivity index (χ0v) is 11.5. The molecule has 0 spiro atoms. The van der Waals surface area contributed by atoms with E-state index in [1.807, 2.05) is 0 Å². The molecule has 5 atom stereocenters. The van der Waals surface area contributed by atoms with E-state index in [9.17, 15) is 14.7 Å². The molecule has 0 aromatic carbocycles. The van der Waals surface area contributed by atoms with Gasteiger partial charge in [0.25, 0.3) is 0 Å².